The van der Waals surface area contributed by atoms with Crippen molar-refractivity contribution in [2.75, 3.05) is 6.54 Å². The molecule has 3 heteroatoms. The topological polar surface area (TPSA) is 16.4 Å². The summed E-state index contributed by atoms with van der Waals surface area (Å²) in [7, 11) is 0. The second-order valence-corrected chi connectivity index (χ2v) is 7.52. The third kappa shape index (κ3) is 2.89. The highest BCUT2D eigenvalue weighted by Gasteiger charge is 2.29. The summed E-state index contributed by atoms with van der Waals surface area (Å²) in [6, 6.07) is 2.18. The summed E-state index contributed by atoms with van der Waals surface area (Å²) in [6.07, 6.45) is 1.05. The van der Waals surface area contributed by atoms with Crippen LogP contribution in [0.15, 0.2) is 10.5 Å². The molecule has 1 aliphatic heterocycles. The zero-order chi connectivity index (χ0) is 12.6. The standard InChI is InChI=1S/C14H23NOS/c1-10(2)14(4,5)17-15-7-6-13-12(9-15)8-11(3)16-13/h8,10H,6-7,9H2,1-5H3. The lowest BCUT2D eigenvalue weighted by Crippen LogP contribution is -2.33. The fourth-order valence-corrected chi connectivity index (χ4v) is 3.23. The number of hydrogen-bond donors (Lipinski definition) is 0. The Kier molecular flexibility index (Phi) is 3.60. The minimum Gasteiger partial charge on any atom is -0.466 e. The van der Waals surface area contributed by atoms with E-state index in [1.807, 2.05) is 18.9 Å². The van der Waals surface area contributed by atoms with E-state index in [4.69, 9.17) is 4.42 Å². The highest BCUT2D eigenvalue weighted by Crippen LogP contribution is 2.37. The van der Waals surface area contributed by atoms with Gasteiger partial charge in [-0.3, -0.25) is 0 Å². The van der Waals surface area contributed by atoms with Gasteiger partial charge in [0.05, 0.1) is 0 Å². The molecule has 0 N–H and O–H groups in total. The van der Waals surface area contributed by atoms with Crippen LogP contribution in [0.2, 0.25) is 0 Å². The van der Waals surface area contributed by atoms with Gasteiger partial charge in [-0.1, -0.05) is 25.8 Å². The van der Waals surface area contributed by atoms with Crippen molar-refractivity contribution in [1.82, 2.24) is 4.31 Å². The minimum atomic E-state index is 0.302. The van der Waals surface area contributed by atoms with E-state index in [9.17, 15) is 0 Å². The molecule has 0 atom stereocenters. The number of hydrogen-bond acceptors (Lipinski definition) is 3. The van der Waals surface area contributed by atoms with Gasteiger partial charge in [0.25, 0.3) is 0 Å². The summed E-state index contributed by atoms with van der Waals surface area (Å²) in [5, 5.41) is 0. The molecule has 0 saturated carbocycles. The third-order valence-corrected chi connectivity index (χ3v) is 5.22. The molecule has 96 valence electrons. The molecular formula is C14H23NOS. The monoisotopic (exact) mass is 253 g/mol. The van der Waals surface area contributed by atoms with E-state index in [0.29, 0.717) is 10.7 Å². The van der Waals surface area contributed by atoms with Gasteiger partial charge in [0.15, 0.2) is 0 Å². The Bertz CT molecular complexity index is 395. The van der Waals surface area contributed by atoms with Crippen molar-refractivity contribution < 1.29 is 4.42 Å². The number of aryl methyl sites for hydroxylation is 1. The highest BCUT2D eigenvalue weighted by atomic mass is 32.2. The summed E-state index contributed by atoms with van der Waals surface area (Å²) < 4.78 is 8.48. The average molecular weight is 253 g/mol. The quantitative estimate of drug-likeness (QED) is 0.757. The maximum absolute atomic E-state index is 5.70. The molecule has 0 saturated heterocycles. The van der Waals surface area contributed by atoms with Crippen LogP contribution < -0.4 is 0 Å². The molecule has 0 aromatic carbocycles. The van der Waals surface area contributed by atoms with Gasteiger partial charge in [-0.15, -0.1) is 0 Å². The van der Waals surface area contributed by atoms with Crippen molar-refractivity contribution in [3.63, 3.8) is 0 Å². The second-order valence-electron chi connectivity index (χ2n) is 5.77. The van der Waals surface area contributed by atoms with Gasteiger partial charge in [-0.25, -0.2) is 4.31 Å². The molecule has 1 aromatic rings. The summed E-state index contributed by atoms with van der Waals surface area (Å²) in [5.41, 5.74) is 1.38. The van der Waals surface area contributed by atoms with Crippen LogP contribution in [0.3, 0.4) is 0 Å². The molecule has 2 nitrogen and oxygen atoms in total. The lowest BCUT2D eigenvalue weighted by molar-refractivity contribution is 0.377. The molecule has 0 bridgehead atoms. The normalized spacial score (nSPS) is 17.5. The summed E-state index contributed by atoms with van der Waals surface area (Å²) in [4.78, 5) is 0. The summed E-state index contributed by atoms with van der Waals surface area (Å²) in [6.45, 7) is 13.4. The Morgan fingerprint density at radius 3 is 2.76 bits per heavy atom. The van der Waals surface area contributed by atoms with Gasteiger partial charge in [0.2, 0.25) is 0 Å². The number of furan rings is 1. The fourth-order valence-electron chi connectivity index (χ4n) is 1.97. The number of nitrogens with zero attached hydrogens (tertiary/aromatic N) is 1. The van der Waals surface area contributed by atoms with E-state index in [1.54, 1.807) is 0 Å². The predicted molar refractivity (Wildman–Crippen MR) is 74.1 cm³/mol. The van der Waals surface area contributed by atoms with Gasteiger partial charge in [-0.05, 0) is 32.8 Å². The first-order chi connectivity index (χ1) is 7.88. The van der Waals surface area contributed by atoms with E-state index in [1.165, 1.54) is 11.3 Å². The van der Waals surface area contributed by atoms with E-state index in [0.717, 1.165) is 25.3 Å². The smallest absolute Gasteiger partial charge is 0.110 e. The van der Waals surface area contributed by atoms with E-state index in [-0.39, 0.29) is 0 Å². The first-order valence-electron chi connectivity index (χ1n) is 6.41. The van der Waals surface area contributed by atoms with Crippen molar-refractivity contribution in [2.45, 2.75) is 52.3 Å². The molecule has 0 spiro atoms. The van der Waals surface area contributed by atoms with Crippen LogP contribution in [0.5, 0.6) is 0 Å². The van der Waals surface area contributed by atoms with E-state index >= 15 is 0 Å². The minimum absolute atomic E-state index is 0.302. The molecule has 1 aliphatic rings. The molecule has 17 heavy (non-hydrogen) atoms. The SMILES string of the molecule is Cc1cc2c(o1)CCN(SC(C)(C)C(C)C)C2. The lowest BCUT2D eigenvalue weighted by atomic mass is 10.00. The molecule has 2 rings (SSSR count). The maximum Gasteiger partial charge on any atom is 0.110 e. The van der Waals surface area contributed by atoms with Crippen LogP contribution in [0.1, 0.15) is 44.8 Å². The van der Waals surface area contributed by atoms with Crippen LogP contribution in [0.4, 0.5) is 0 Å². The Morgan fingerprint density at radius 1 is 1.41 bits per heavy atom. The lowest BCUT2D eigenvalue weighted by Gasteiger charge is -2.35. The zero-order valence-corrected chi connectivity index (χ0v) is 12.4. The van der Waals surface area contributed by atoms with Gasteiger partial charge in [0, 0.05) is 29.8 Å². The molecule has 2 heterocycles. The zero-order valence-electron chi connectivity index (χ0n) is 11.5. The van der Waals surface area contributed by atoms with Crippen molar-refractivity contribution >= 4 is 11.9 Å². The number of rotatable bonds is 3. The fraction of sp³-hybridized carbons (Fsp3) is 0.714. The van der Waals surface area contributed by atoms with E-state index < -0.39 is 0 Å². The van der Waals surface area contributed by atoms with Crippen LogP contribution in [0.25, 0.3) is 0 Å². The van der Waals surface area contributed by atoms with E-state index in [2.05, 4.69) is 38.1 Å². The second kappa shape index (κ2) is 4.69. The third-order valence-electron chi connectivity index (χ3n) is 3.71. The first-order valence-corrected chi connectivity index (χ1v) is 7.18. The van der Waals surface area contributed by atoms with Crippen LogP contribution in [-0.2, 0) is 13.0 Å². The van der Waals surface area contributed by atoms with Crippen molar-refractivity contribution in [3.05, 3.63) is 23.2 Å². The molecule has 0 amide bonds. The van der Waals surface area contributed by atoms with Gasteiger partial charge in [-0.2, -0.15) is 0 Å². The largest absolute Gasteiger partial charge is 0.466 e. The van der Waals surface area contributed by atoms with Crippen molar-refractivity contribution in [3.8, 4) is 0 Å². The first kappa shape index (κ1) is 13.0. The molecule has 0 fully saturated rings. The summed E-state index contributed by atoms with van der Waals surface area (Å²) in [5.74, 6) is 2.92. The average Bonchev–Trinajstić information content (AvgIpc) is 2.56. The van der Waals surface area contributed by atoms with Crippen LogP contribution in [-0.4, -0.2) is 15.6 Å². The van der Waals surface area contributed by atoms with Gasteiger partial charge in [0.1, 0.15) is 11.5 Å². The molecular weight excluding hydrogens is 230 g/mol. The van der Waals surface area contributed by atoms with Gasteiger partial charge < -0.3 is 4.42 Å². The highest BCUT2D eigenvalue weighted by molar-refractivity contribution is 7.98. The Labute approximate surface area is 109 Å². The number of fused-ring (bicyclic) bond motifs is 1. The maximum atomic E-state index is 5.70. The molecule has 0 radical (unpaired) electrons. The van der Waals surface area contributed by atoms with Crippen LogP contribution in [0, 0.1) is 12.8 Å². The predicted octanol–water partition coefficient (Wildman–Crippen LogP) is 4.03. The van der Waals surface area contributed by atoms with Crippen molar-refractivity contribution in [2.24, 2.45) is 5.92 Å². The molecule has 0 unspecified atom stereocenters. The summed E-state index contributed by atoms with van der Waals surface area (Å²) >= 11 is 2.00. The van der Waals surface area contributed by atoms with Crippen LogP contribution >= 0.6 is 11.9 Å². The van der Waals surface area contributed by atoms with Crippen molar-refractivity contribution in [1.29, 1.82) is 0 Å². The molecule has 0 aliphatic carbocycles. The van der Waals surface area contributed by atoms with Gasteiger partial charge >= 0.3 is 0 Å². The molecule has 1 aromatic heterocycles. The Balaban J connectivity index is 2.03. The Hall–Kier alpha value is -0.410. The Morgan fingerprint density at radius 2 is 2.12 bits per heavy atom.